The molecule has 1 amide bonds. The highest BCUT2D eigenvalue weighted by Gasteiger charge is 2.17. The molecule has 3 aromatic rings. The minimum atomic E-state index is -0.250. The molecule has 1 aliphatic heterocycles. The van der Waals surface area contributed by atoms with Gasteiger partial charge in [0.2, 0.25) is 0 Å². The molecule has 1 aliphatic rings. The molecular formula is C23H25N5O. The zero-order chi connectivity index (χ0) is 20.1. The predicted octanol–water partition coefficient (Wildman–Crippen LogP) is 3.36. The summed E-state index contributed by atoms with van der Waals surface area (Å²) in [5.74, 6) is -0.250. The summed E-state index contributed by atoms with van der Waals surface area (Å²) in [5.41, 5.74) is 4.39. The smallest absolute Gasteiger partial charge is 0.275 e. The lowest BCUT2D eigenvalue weighted by Gasteiger charge is -2.36. The number of rotatable bonds is 5. The van der Waals surface area contributed by atoms with Gasteiger partial charge in [-0.3, -0.25) is 14.7 Å². The average Bonchev–Trinajstić information content (AvgIpc) is 2.76. The highest BCUT2D eigenvalue weighted by atomic mass is 16.1. The number of carbonyl (C=O) groups excluding carboxylic acids is 1. The fraction of sp³-hybridized carbons (Fsp3) is 0.261. The number of nitrogens with one attached hydrogen (secondary N) is 1. The molecule has 148 valence electrons. The summed E-state index contributed by atoms with van der Waals surface area (Å²) in [4.78, 5) is 25.4. The van der Waals surface area contributed by atoms with Crippen LogP contribution in [0.15, 0.2) is 67.0 Å². The van der Waals surface area contributed by atoms with E-state index in [9.17, 15) is 4.79 Å². The fourth-order valence-corrected chi connectivity index (χ4v) is 3.47. The summed E-state index contributed by atoms with van der Waals surface area (Å²) in [6.45, 7) is 6.92. The molecule has 1 aromatic heterocycles. The maximum atomic E-state index is 12.3. The molecule has 29 heavy (non-hydrogen) atoms. The van der Waals surface area contributed by atoms with Crippen LogP contribution in [-0.4, -0.2) is 47.0 Å². The zero-order valence-corrected chi connectivity index (χ0v) is 16.6. The molecule has 0 radical (unpaired) electrons. The van der Waals surface area contributed by atoms with Crippen molar-refractivity contribution in [2.24, 2.45) is 0 Å². The van der Waals surface area contributed by atoms with Crippen LogP contribution in [0.25, 0.3) is 0 Å². The second-order valence-corrected chi connectivity index (χ2v) is 7.29. The molecule has 4 rings (SSSR count). The van der Waals surface area contributed by atoms with Gasteiger partial charge in [-0.1, -0.05) is 30.3 Å². The molecular weight excluding hydrogens is 362 g/mol. The number of hydrogen-bond acceptors (Lipinski definition) is 5. The van der Waals surface area contributed by atoms with E-state index in [1.807, 2.05) is 19.1 Å². The van der Waals surface area contributed by atoms with Crippen LogP contribution in [-0.2, 0) is 6.54 Å². The third-order valence-corrected chi connectivity index (χ3v) is 5.13. The van der Waals surface area contributed by atoms with Gasteiger partial charge in [-0.2, -0.15) is 0 Å². The molecule has 6 nitrogen and oxygen atoms in total. The number of nitrogens with zero attached hydrogens (tertiary/aromatic N) is 4. The topological polar surface area (TPSA) is 61.4 Å². The van der Waals surface area contributed by atoms with E-state index < -0.39 is 0 Å². The maximum absolute atomic E-state index is 12.3. The van der Waals surface area contributed by atoms with Gasteiger partial charge in [0, 0.05) is 50.3 Å². The molecule has 0 unspecified atom stereocenters. The van der Waals surface area contributed by atoms with E-state index in [0.717, 1.165) is 44.1 Å². The molecule has 0 aliphatic carbocycles. The summed E-state index contributed by atoms with van der Waals surface area (Å²) in [5, 5.41) is 2.87. The Bertz CT molecular complexity index is 933. The summed E-state index contributed by atoms with van der Waals surface area (Å²) in [7, 11) is 0. The highest BCUT2D eigenvalue weighted by molar-refractivity contribution is 6.02. The maximum Gasteiger partial charge on any atom is 0.275 e. The second kappa shape index (κ2) is 8.84. The first-order valence-electron chi connectivity index (χ1n) is 9.89. The highest BCUT2D eigenvalue weighted by Crippen LogP contribution is 2.20. The van der Waals surface area contributed by atoms with E-state index in [1.165, 1.54) is 17.4 Å². The van der Waals surface area contributed by atoms with E-state index in [-0.39, 0.29) is 5.91 Å². The van der Waals surface area contributed by atoms with Crippen molar-refractivity contribution in [3.05, 3.63) is 83.9 Å². The molecule has 0 bridgehead atoms. The van der Waals surface area contributed by atoms with Crippen LogP contribution < -0.4 is 10.2 Å². The lowest BCUT2D eigenvalue weighted by atomic mass is 10.2. The van der Waals surface area contributed by atoms with Crippen LogP contribution in [0.5, 0.6) is 0 Å². The van der Waals surface area contributed by atoms with Crippen molar-refractivity contribution in [2.45, 2.75) is 13.5 Å². The van der Waals surface area contributed by atoms with Crippen molar-refractivity contribution in [3.8, 4) is 0 Å². The lowest BCUT2D eigenvalue weighted by molar-refractivity contribution is 0.102. The van der Waals surface area contributed by atoms with E-state index in [1.54, 1.807) is 6.20 Å². The first kappa shape index (κ1) is 19.1. The summed E-state index contributed by atoms with van der Waals surface area (Å²) in [6, 6.07) is 18.6. The van der Waals surface area contributed by atoms with Crippen molar-refractivity contribution in [3.63, 3.8) is 0 Å². The summed E-state index contributed by atoms with van der Waals surface area (Å²) in [6.07, 6.45) is 3.09. The van der Waals surface area contributed by atoms with Crippen LogP contribution in [0.4, 0.5) is 11.4 Å². The van der Waals surface area contributed by atoms with Gasteiger partial charge in [0.05, 0.1) is 11.9 Å². The molecule has 0 atom stereocenters. The molecule has 1 saturated heterocycles. The SMILES string of the molecule is Cc1cnc(C(=O)Nc2ccc(N3CCN(Cc4ccccc4)CC3)cc2)cn1. The first-order chi connectivity index (χ1) is 14.2. The minimum absolute atomic E-state index is 0.250. The van der Waals surface area contributed by atoms with Gasteiger partial charge in [-0.15, -0.1) is 0 Å². The number of benzene rings is 2. The van der Waals surface area contributed by atoms with E-state index in [2.05, 4.69) is 67.5 Å². The third-order valence-electron chi connectivity index (χ3n) is 5.13. The molecule has 1 N–H and O–H groups in total. The number of aryl methyl sites for hydroxylation is 1. The van der Waals surface area contributed by atoms with Crippen LogP contribution in [0.3, 0.4) is 0 Å². The Balaban J connectivity index is 1.30. The Morgan fingerprint density at radius 3 is 2.31 bits per heavy atom. The molecule has 2 aromatic carbocycles. The molecule has 2 heterocycles. The first-order valence-corrected chi connectivity index (χ1v) is 9.89. The Kier molecular flexibility index (Phi) is 5.81. The predicted molar refractivity (Wildman–Crippen MR) is 115 cm³/mol. The van der Waals surface area contributed by atoms with Crippen LogP contribution in [0.1, 0.15) is 21.7 Å². The number of aromatic nitrogens is 2. The van der Waals surface area contributed by atoms with Gasteiger partial charge in [-0.05, 0) is 36.8 Å². The van der Waals surface area contributed by atoms with Crippen molar-refractivity contribution < 1.29 is 4.79 Å². The Hall–Kier alpha value is -3.25. The largest absolute Gasteiger partial charge is 0.369 e. The molecule has 1 fully saturated rings. The standard InChI is InChI=1S/C23H25N5O/c1-18-15-25-22(16-24-18)23(29)26-20-7-9-21(10-8-20)28-13-11-27(12-14-28)17-19-5-3-2-4-6-19/h2-10,15-16H,11-14,17H2,1H3,(H,26,29). The molecule has 6 heteroatoms. The number of piperazine rings is 1. The fourth-order valence-electron chi connectivity index (χ4n) is 3.47. The van der Waals surface area contributed by atoms with Gasteiger partial charge in [0.15, 0.2) is 0 Å². The van der Waals surface area contributed by atoms with Gasteiger partial charge >= 0.3 is 0 Å². The Labute approximate surface area is 171 Å². The van der Waals surface area contributed by atoms with E-state index in [4.69, 9.17) is 0 Å². The molecule has 0 saturated carbocycles. The quantitative estimate of drug-likeness (QED) is 0.727. The van der Waals surface area contributed by atoms with Gasteiger partial charge in [0.1, 0.15) is 5.69 Å². The average molecular weight is 387 g/mol. The van der Waals surface area contributed by atoms with Crippen LogP contribution in [0, 0.1) is 6.92 Å². The number of hydrogen-bond donors (Lipinski definition) is 1. The Morgan fingerprint density at radius 1 is 0.931 bits per heavy atom. The number of anilines is 2. The number of carbonyl (C=O) groups is 1. The molecule has 0 spiro atoms. The summed E-state index contributed by atoms with van der Waals surface area (Å²) < 4.78 is 0. The van der Waals surface area contributed by atoms with E-state index in [0.29, 0.717) is 5.69 Å². The van der Waals surface area contributed by atoms with Crippen molar-refractivity contribution in [1.82, 2.24) is 14.9 Å². The van der Waals surface area contributed by atoms with Gasteiger partial charge in [0.25, 0.3) is 5.91 Å². The Morgan fingerprint density at radius 2 is 1.66 bits per heavy atom. The van der Waals surface area contributed by atoms with E-state index >= 15 is 0 Å². The van der Waals surface area contributed by atoms with Gasteiger partial charge < -0.3 is 10.2 Å². The summed E-state index contributed by atoms with van der Waals surface area (Å²) >= 11 is 0. The van der Waals surface area contributed by atoms with Crippen molar-refractivity contribution in [1.29, 1.82) is 0 Å². The van der Waals surface area contributed by atoms with Crippen molar-refractivity contribution >= 4 is 17.3 Å². The van der Waals surface area contributed by atoms with Gasteiger partial charge in [-0.25, -0.2) is 4.98 Å². The van der Waals surface area contributed by atoms with Crippen molar-refractivity contribution in [2.75, 3.05) is 36.4 Å². The zero-order valence-electron chi connectivity index (χ0n) is 16.6. The normalized spacial score (nSPS) is 14.6. The third kappa shape index (κ3) is 4.97. The number of amides is 1. The second-order valence-electron chi connectivity index (χ2n) is 7.29. The van der Waals surface area contributed by atoms with Crippen LogP contribution in [0.2, 0.25) is 0 Å². The minimum Gasteiger partial charge on any atom is -0.369 e. The lowest BCUT2D eigenvalue weighted by Crippen LogP contribution is -2.45. The van der Waals surface area contributed by atoms with Crippen LogP contribution >= 0.6 is 0 Å². The monoisotopic (exact) mass is 387 g/mol.